The number of benzene rings is 2. The number of carbonyl (C=O) groups excluding carboxylic acids is 2. The van der Waals surface area contributed by atoms with E-state index in [-0.39, 0.29) is 23.6 Å². The number of carboxylic acid groups (broad SMARTS) is 1. The van der Waals surface area contributed by atoms with Gasteiger partial charge in [-0.1, -0.05) is 18.2 Å². The average molecular weight is 357 g/mol. The average Bonchev–Trinajstić information content (AvgIpc) is 2.55. The van der Waals surface area contributed by atoms with Crippen LogP contribution in [0.1, 0.15) is 28.4 Å². The molecule has 0 fully saturated rings. The van der Waals surface area contributed by atoms with E-state index in [1.165, 1.54) is 25.1 Å². The monoisotopic (exact) mass is 357 g/mol. The van der Waals surface area contributed by atoms with Crippen LogP contribution in [-0.4, -0.2) is 29.6 Å². The summed E-state index contributed by atoms with van der Waals surface area (Å²) in [6.07, 6.45) is 0. The summed E-state index contributed by atoms with van der Waals surface area (Å²) in [5.74, 6) is -1.63. The van der Waals surface area contributed by atoms with Crippen LogP contribution in [0.5, 0.6) is 11.5 Å². The zero-order valence-corrected chi connectivity index (χ0v) is 14.7. The van der Waals surface area contributed by atoms with Crippen molar-refractivity contribution in [1.82, 2.24) is 0 Å². The zero-order valence-electron chi connectivity index (χ0n) is 14.7. The van der Waals surface area contributed by atoms with Gasteiger partial charge in [0.1, 0.15) is 11.5 Å². The van der Waals surface area contributed by atoms with Gasteiger partial charge >= 0.3 is 11.9 Å². The topological polar surface area (TPSA) is 102 Å². The molecule has 0 aliphatic carbocycles. The lowest BCUT2D eigenvalue weighted by atomic mass is 10.1. The smallest absolute Gasteiger partial charge is 0.337 e. The minimum Gasteiger partial charge on any atom is -0.483 e. The first-order valence-corrected chi connectivity index (χ1v) is 7.82. The minimum atomic E-state index is -1.26. The summed E-state index contributed by atoms with van der Waals surface area (Å²) in [5, 5.41) is 11.8. The molecular weight excluding hydrogens is 338 g/mol. The number of anilines is 1. The zero-order chi connectivity index (χ0) is 19.3. The molecule has 2 rings (SSSR count). The molecule has 0 aliphatic rings. The van der Waals surface area contributed by atoms with E-state index in [0.717, 1.165) is 11.1 Å². The van der Waals surface area contributed by atoms with Crippen LogP contribution in [0, 0.1) is 13.8 Å². The fourth-order valence-corrected chi connectivity index (χ4v) is 2.39. The Labute approximate surface area is 150 Å². The van der Waals surface area contributed by atoms with E-state index in [1.54, 1.807) is 0 Å². The number of esters is 1. The summed E-state index contributed by atoms with van der Waals surface area (Å²) >= 11 is 0. The van der Waals surface area contributed by atoms with E-state index >= 15 is 0 Å². The van der Waals surface area contributed by atoms with Gasteiger partial charge in [0.05, 0.1) is 11.3 Å². The van der Waals surface area contributed by atoms with Gasteiger partial charge in [0.2, 0.25) is 0 Å². The lowest BCUT2D eigenvalue weighted by molar-refractivity contribution is -0.131. The summed E-state index contributed by atoms with van der Waals surface area (Å²) in [4.78, 5) is 34.5. The van der Waals surface area contributed by atoms with Crippen molar-refractivity contribution in [3.8, 4) is 11.5 Å². The number of amides is 1. The number of hydrogen-bond donors (Lipinski definition) is 2. The van der Waals surface area contributed by atoms with E-state index < -0.39 is 17.8 Å². The molecule has 7 nitrogen and oxygen atoms in total. The Balaban J connectivity index is 2.10. The van der Waals surface area contributed by atoms with Gasteiger partial charge in [-0.05, 0) is 43.2 Å². The molecule has 26 heavy (non-hydrogen) atoms. The summed E-state index contributed by atoms with van der Waals surface area (Å²) in [5.41, 5.74) is 1.69. The summed E-state index contributed by atoms with van der Waals surface area (Å²) in [6.45, 7) is 4.69. The van der Waals surface area contributed by atoms with Crippen LogP contribution in [0.25, 0.3) is 0 Å². The van der Waals surface area contributed by atoms with Gasteiger partial charge in [-0.15, -0.1) is 0 Å². The van der Waals surface area contributed by atoms with Crippen LogP contribution < -0.4 is 14.8 Å². The van der Waals surface area contributed by atoms with Crippen molar-refractivity contribution in [2.24, 2.45) is 0 Å². The van der Waals surface area contributed by atoms with E-state index in [0.29, 0.717) is 5.75 Å². The second kappa shape index (κ2) is 8.15. The van der Waals surface area contributed by atoms with Crippen molar-refractivity contribution < 1.29 is 29.0 Å². The second-order valence-electron chi connectivity index (χ2n) is 5.66. The first-order chi connectivity index (χ1) is 12.3. The van der Waals surface area contributed by atoms with Crippen LogP contribution in [0.4, 0.5) is 5.69 Å². The number of carbonyl (C=O) groups is 3. The summed E-state index contributed by atoms with van der Waals surface area (Å²) in [6, 6.07) is 9.56. The Kier molecular flexibility index (Phi) is 5.95. The van der Waals surface area contributed by atoms with Crippen LogP contribution >= 0.6 is 0 Å². The highest BCUT2D eigenvalue weighted by atomic mass is 16.5. The first-order valence-electron chi connectivity index (χ1n) is 7.82. The van der Waals surface area contributed by atoms with Gasteiger partial charge in [-0.2, -0.15) is 0 Å². The number of aryl methyl sites for hydroxylation is 2. The molecule has 0 aromatic heterocycles. The highest BCUT2D eigenvalue weighted by Crippen LogP contribution is 2.24. The fourth-order valence-electron chi connectivity index (χ4n) is 2.39. The Morgan fingerprint density at radius 3 is 2.31 bits per heavy atom. The molecule has 0 bridgehead atoms. The van der Waals surface area contributed by atoms with Crippen LogP contribution in [0.2, 0.25) is 0 Å². The Hall–Kier alpha value is -3.35. The third-order valence-corrected chi connectivity index (χ3v) is 3.51. The first kappa shape index (κ1) is 19.0. The van der Waals surface area contributed by atoms with E-state index in [1.807, 2.05) is 32.0 Å². The van der Waals surface area contributed by atoms with E-state index in [2.05, 4.69) is 5.32 Å². The number of nitrogens with one attached hydrogen (secondary N) is 1. The van der Waals surface area contributed by atoms with Crippen LogP contribution in [0.15, 0.2) is 36.4 Å². The maximum atomic E-state index is 12.1. The molecule has 7 heteroatoms. The molecular formula is C19H19NO6. The molecule has 0 aliphatic heterocycles. The van der Waals surface area contributed by atoms with Crippen molar-refractivity contribution in [3.63, 3.8) is 0 Å². The van der Waals surface area contributed by atoms with Crippen molar-refractivity contribution in [2.75, 3.05) is 11.9 Å². The van der Waals surface area contributed by atoms with Gasteiger partial charge in [-0.3, -0.25) is 9.59 Å². The highest BCUT2D eigenvalue weighted by Gasteiger charge is 2.15. The number of ether oxygens (including phenoxy) is 2. The molecule has 2 aromatic carbocycles. The van der Waals surface area contributed by atoms with Gasteiger partial charge in [0.15, 0.2) is 6.61 Å². The molecule has 0 atom stereocenters. The van der Waals surface area contributed by atoms with Crippen LogP contribution in [0.3, 0.4) is 0 Å². The molecule has 0 radical (unpaired) electrons. The maximum absolute atomic E-state index is 12.1. The van der Waals surface area contributed by atoms with Gasteiger partial charge in [0, 0.05) is 6.92 Å². The predicted octanol–water partition coefficient (Wildman–Crippen LogP) is 2.94. The van der Waals surface area contributed by atoms with Gasteiger partial charge < -0.3 is 19.9 Å². The third kappa shape index (κ3) is 4.83. The minimum absolute atomic E-state index is 0.0830. The summed E-state index contributed by atoms with van der Waals surface area (Å²) < 4.78 is 10.4. The molecule has 0 saturated heterocycles. The maximum Gasteiger partial charge on any atom is 0.337 e. The number of aromatic carboxylic acids is 1. The highest BCUT2D eigenvalue weighted by molar-refractivity contribution is 6.01. The third-order valence-electron chi connectivity index (χ3n) is 3.51. The van der Waals surface area contributed by atoms with Gasteiger partial charge in [-0.25, -0.2) is 4.79 Å². The van der Waals surface area contributed by atoms with Crippen molar-refractivity contribution in [2.45, 2.75) is 20.8 Å². The molecule has 136 valence electrons. The normalized spacial score (nSPS) is 10.1. The molecule has 0 unspecified atom stereocenters. The SMILES string of the molecule is CC(=O)Oc1ccc(NC(=O)COc2c(C)cccc2C)c(C(=O)O)c1. The van der Waals surface area contributed by atoms with Crippen molar-refractivity contribution in [1.29, 1.82) is 0 Å². The number of hydrogen-bond acceptors (Lipinski definition) is 5. The number of carboxylic acids is 1. The fraction of sp³-hybridized carbons (Fsp3) is 0.211. The molecule has 0 heterocycles. The van der Waals surface area contributed by atoms with Gasteiger partial charge in [0.25, 0.3) is 5.91 Å². The Morgan fingerprint density at radius 2 is 1.73 bits per heavy atom. The predicted molar refractivity (Wildman–Crippen MR) is 94.8 cm³/mol. The van der Waals surface area contributed by atoms with Crippen molar-refractivity contribution >= 4 is 23.5 Å². The molecule has 0 saturated carbocycles. The summed E-state index contributed by atoms with van der Waals surface area (Å²) in [7, 11) is 0. The number of para-hydroxylation sites is 1. The molecule has 2 N–H and O–H groups in total. The molecule has 0 spiro atoms. The lowest BCUT2D eigenvalue weighted by Gasteiger charge is -2.13. The second-order valence-corrected chi connectivity index (χ2v) is 5.66. The largest absolute Gasteiger partial charge is 0.483 e. The van der Waals surface area contributed by atoms with Crippen LogP contribution in [-0.2, 0) is 9.59 Å². The standard InChI is InChI=1S/C19H19NO6/c1-11-5-4-6-12(2)18(11)25-10-17(22)20-16-8-7-14(26-13(3)21)9-15(16)19(23)24/h4-9H,10H2,1-3H3,(H,20,22)(H,23,24). The van der Waals surface area contributed by atoms with E-state index in [9.17, 15) is 19.5 Å². The quantitative estimate of drug-likeness (QED) is 0.609. The van der Waals surface area contributed by atoms with Crippen molar-refractivity contribution in [3.05, 3.63) is 53.1 Å². The lowest BCUT2D eigenvalue weighted by Crippen LogP contribution is -2.22. The number of rotatable bonds is 6. The Morgan fingerprint density at radius 1 is 1.08 bits per heavy atom. The van der Waals surface area contributed by atoms with E-state index in [4.69, 9.17) is 9.47 Å². The Bertz CT molecular complexity index is 839. The molecule has 2 aromatic rings. The molecule has 1 amide bonds.